The Hall–Kier alpha value is -1.65. The zero-order valence-corrected chi connectivity index (χ0v) is 50.4. The van der Waals surface area contributed by atoms with Crippen LogP contribution in [-0.4, -0.2) is 34.9 Å². The lowest BCUT2D eigenvalue weighted by molar-refractivity contribution is -0.123. The van der Waals surface area contributed by atoms with Crippen LogP contribution in [0.5, 0.6) is 0 Å². The summed E-state index contributed by atoms with van der Waals surface area (Å²) >= 11 is 0. The number of aliphatic hydroxyl groups is 2. The molecule has 0 aliphatic carbocycles. The van der Waals surface area contributed by atoms with E-state index in [4.69, 9.17) is 0 Å². The van der Waals surface area contributed by atoms with Crippen molar-refractivity contribution < 1.29 is 15.0 Å². The maximum atomic E-state index is 12.5. The van der Waals surface area contributed by atoms with Crippen molar-refractivity contribution in [2.45, 2.75) is 386 Å². The summed E-state index contributed by atoms with van der Waals surface area (Å²) in [6.45, 7) is 4.33. The summed E-state index contributed by atoms with van der Waals surface area (Å²) in [5.41, 5.74) is 0. The van der Waals surface area contributed by atoms with Crippen LogP contribution in [0.3, 0.4) is 0 Å². The van der Waals surface area contributed by atoms with E-state index in [0.717, 1.165) is 38.5 Å². The van der Waals surface area contributed by atoms with Gasteiger partial charge >= 0.3 is 0 Å². The van der Waals surface area contributed by atoms with Gasteiger partial charge in [-0.05, 0) is 70.6 Å². The largest absolute Gasteiger partial charge is 0.394 e. The third kappa shape index (κ3) is 61.2. The fourth-order valence-electron chi connectivity index (χ4n) is 10.6. The number of carbonyl (C=O) groups excluding carboxylic acids is 1. The van der Waals surface area contributed by atoms with E-state index in [2.05, 4.69) is 55.6 Å². The van der Waals surface area contributed by atoms with E-state index in [1.54, 1.807) is 6.08 Å². The molecule has 1 amide bonds. The molecule has 0 radical (unpaired) electrons. The van der Waals surface area contributed by atoms with E-state index in [1.165, 1.54) is 315 Å². The van der Waals surface area contributed by atoms with E-state index in [-0.39, 0.29) is 12.5 Å². The number of allylic oxidation sites excluding steroid dienone is 7. The normalized spacial score (nSPS) is 13.0. The van der Waals surface area contributed by atoms with Crippen LogP contribution in [-0.2, 0) is 4.79 Å². The zero-order chi connectivity index (χ0) is 53.4. The molecule has 2 atom stereocenters. The van der Waals surface area contributed by atoms with Gasteiger partial charge in [-0.1, -0.05) is 345 Å². The summed E-state index contributed by atoms with van der Waals surface area (Å²) in [4.78, 5) is 12.5. The summed E-state index contributed by atoms with van der Waals surface area (Å²) in [6, 6.07) is -0.646. The first-order chi connectivity index (χ1) is 36.7. The molecule has 0 rings (SSSR count). The van der Waals surface area contributed by atoms with E-state index in [1.807, 2.05) is 6.08 Å². The van der Waals surface area contributed by atoms with E-state index in [0.29, 0.717) is 6.42 Å². The van der Waals surface area contributed by atoms with Crippen molar-refractivity contribution in [2.24, 2.45) is 0 Å². The Morgan fingerprint density at radius 2 is 0.527 bits per heavy atom. The van der Waals surface area contributed by atoms with Gasteiger partial charge in [0.25, 0.3) is 0 Å². The summed E-state index contributed by atoms with van der Waals surface area (Å²) in [6.07, 6.45) is 92.0. The Morgan fingerprint density at radius 1 is 0.311 bits per heavy atom. The van der Waals surface area contributed by atoms with Crippen LogP contribution in [0.15, 0.2) is 48.6 Å². The van der Waals surface area contributed by atoms with Crippen LogP contribution in [0.4, 0.5) is 0 Å². The van der Waals surface area contributed by atoms with Crippen molar-refractivity contribution in [1.29, 1.82) is 0 Å². The molecule has 74 heavy (non-hydrogen) atoms. The van der Waals surface area contributed by atoms with Crippen molar-refractivity contribution in [3.63, 3.8) is 0 Å². The number of hydrogen-bond donors (Lipinski definition) is 3. The molecular formula is C70H133NO3. The maximum absolute atomic E-state index is 12.5. The Labute approximate surface area is 464 Å². The van der Waals surface area contributed by atoms with E-state index < -0.39 is 12.1 Å². The van der Waals surface area contributed by atoms with Crippen molar-refractivity contribution in [3.8, 4) is 0 Å². The van der Waals surface area contributed by atoms with Gasteiger partial charge in [0.05, 0.1) is 18.8 Å². The number of carbonyl (C=O) groups is 1. The second-order valence-electron chi connectivity index (χ2n) is 23.2. The SMILES string of the molecule is CCCCCCCCCC/C=C\CCCCCCCCCCCCCCCCCCCCCCCCCCCC(=O)NC(CO)C(O)/C=C/CC/C=C/CC/C=C/CCCCCCCCCCCCCCCCC. The van der Waals surface area contributed by atoms with Crippen molar-refractivity contribution >= 4 is 5.91 Å². The third-order valence-electron chi connectivity index (χ3n) is 15.8. The number of nitrogens with one attached hydrogen (secondary N) is 1. The van der Waals surface area contributed by atoms with Gasteiger partial charge in [-0.15, -0.1) is 0 Å². The van der Waals surface area contributed by atoms with Crippen molar-refractivity contribution in [3.05, 3.63) is 48.6 Å². The lowest BCUT2D eigenvalue weighted by atomic mass is 10.0. The number of rotatable bonds is 63. The topological polar surface area (TPSA) is 69.6 Å². The minimum Gasteiger partial charge on any atom is -0.394 e. The molecule has 3 N–H and O–H groups in total. The number of aliphatic hydroxyl groups excluding tert-OH is 2. The third-order valence-corrected chi connectivity index (χ3v) is 15.8. The van der Waals surface area contributed by atoms with E-state index in [9.17, 15) is 15.0 Å². The van der Waals surface area contributed by atoms with Gasteiger partial charge in [0.15, 0.2) is 0 Å². The fraction of sp³-hybridized carbons (Fsp3) is 0.871. The van der Waals surface area contributed by atoms with Gasteiger partial charge in [-0.25, -0.2) is 0 Å². The fourth-order valence-corrected chi connectivity index (χ4v) is 10.6. The molecule has 0 aliphatic rings. The molecule has 0 fully saturated rings. The van der Waals surface area contributed by atoms with Gasteiger partial charge in [0.2, 0.25) is 5.91 Å². The highest BCUT2D eigenvalue weighted by atomic mass is 16.3. The summed E-state index contributed by atoms with van der Waals surface area (Å²) in [5.74, 6) is -0.0710. The van der Waals surface area contributed by atoms with Crippen LogP contribution >= 0.6 is 0 Å². The highest BCUT2D eigenvalue weighted by Gasteiger charge is 2.18. The molecule has 0 aromatic carbocycles. The predicted octanol–water partition coefficient (Wildman–Crippen LogP) is 22.9. The molecule has 0 heterocycles. The first kappa shape index (κ1) is 72.3. The molecule has 2 unspecified atom stereocenters. The van der Waals surface area contributed by atoms with Crippen molar-refractivity contribution in [2.75, 3.05) is 6.61 Å². The lowest BCUT2D eigenvalue weighted by Crippen LogP contribution is -2.45. The molecule has 436 valence electrons. The molecule has 0 bridgehead atoms. The van der Waals surface area contributed by atoms with Gasteiger partial charge in [-0.2, -0.15) is 0 Å². The highest BCUT2D eigenvalue weighted by Crippen LogP contribution is 2.18. The van der Waals surface area contributed by atoms with Crippen LogP contribution < -0.4 is 5.32 Å². The first-order valence-corrected chi connectivity index (χ1v) is 33.9. The zero-order valence-electron chi connectivity index (χ0n) is 50.4. The highest BCUT2D eigenvalue weighted by molar-refractivity contribution is 5.76. The number of unbranched alkanes of at least 4 members (excludes halogenated alkanes) is 50. The average Bonchev–Trinajstić information content (AvgIpc) is 3.40. The molecule has 0 saturated carbocycles. The maximum Gasteiger partial charge on any atom is 0.220 e. The molecule has 0 aliphatic heterocycles. The second kappa shape index (κ2) is 65.6. The average molecular weight is 1040 g/mol. The monoisotopic (exact) mass is 1040 g/mol. The standard InChI is InChI=1S/C70H133NO3/c1-3-5-7-9-11-13-15-17-19-21-23-25-27-29-30-31-32-33-34-35-36-37-38-39-40-42-44-46-48-50-52-54-56-58-60-62-64-66-70(74)71-68(67-72)69(73)65-63-61-59-57-55-53-51-49-47-45-43-41-28-26-24-22-20-18-16-14-12-10-8-6-4-2/h21,23,47,49,55,57,63,65,68-69,72-73H,3-20,22,24-46,48,50-54,56,58-62,64,66-67H2,1-2H3,(H,71,74)/b23-21-,49-47+,57-55+,65-63+. The smallest absolute Gasteiger partial charge is 0.220 e. The lowest BCUT2D eigenvalue weighted by Gasteiger charge is -2.19. The second-order valence-corrected chi connectivity index (χ2v) is 23.2. The van der Waals surface area contributed by atoms with Crippen LogP contribution in [0.2, 0.25) is 0 Å². The minimum absolute atomic E-state index is 0.0710. The molecule has 0 spiro atoms. The van der Waals surface area contributed by atoms with Gasteiger partial charge in [0.1, 0.15) is 0 Å². The minimum atomic E-state index is -0.871. The Balaban J connectivity index is 3.45. The van der Waals surface area contributed by atoms with Crippen LogP contribution in [0, 0.1) is 0 Å². The predicted molar refractivity (Wildman–Crippen MR) is 331 cm³/mol. The molecule has 0 aromatic heterocycles. The number of amides is 1. The van der Waals surface area contributed by atoms with Crippen LogP contribution in [0.25, 0.3) is 0 Å². The molecule has 4 heteroatoms. The summed E-state index contributed by atoms with van der Waals surface area (Å²) in [7, 11) is 0. The van der Waals surface area contributed by atoms with E-state index >= 15 is 0 Å². The quantitative estimate of drug-likeness (QED) is 0.0420. The molecular weight excluding hydrogens is 903 g/mol. The Kier molecular flexibility index (Phi) is 64.2. The molecule has 4 nitrogen and oxygen atoms in total. The Bertz CT molecular complexity index is 1170. The van der Waals surface area contributed by atoms with Gasteiger partial charge in [0, 0.05) is 6.42 Å². The number of hydrogen-bond acceptors (Lipinski definition) is 3. The summed E-state index contributed by atoms with van der Waals surface area (Å²) < 4.78 is 0. The molecule has 0 aromatic rings. The first-order valence-electron chi connectivity index (χ1n) is 33.9. The van der Waals surface area contributed by atoms with Gasteiger partial charge in [-0.3, -0.25) is 4.79 Å². The van der Waals surface area contributed by atoms with Crippen LogP contribution in [0.1, 0.15) is 373 Å². The van der Waals surface area contributed by atoms with Gasteiger partial charge < -0.3 is 15.5 Å². The molecule has 0 saturated heterocycles. The van der Waals surface area contributed by atoms with Crippen molar-refractivity contribution in [1.82, 2.24) is 5.32 Å². The summed E-state index contributed by atoms with van der Waals surface area (Å²) in [5, 5.41) is 23.2. The Morgan fingerprint density at radius 3 is 0.784 bits per heavy atom.